The minimum atomic E-state index is 0.0525. The fourth-order valence-corrected chi connectivity index (χ4v) is 1.02. The minimum absolute atomic E-state index is 0.0525. The van der Waals surface area contributed by atoms with E-state index in [2.05, 4.69) is 29.1 Å². The van der Waals surface area contributed by atoms with Crippen LogP contribution < -0.4 is 0 Å². The first-order chi connectivity index (χ1) is 4.63. The number of hydrogen-bond donors (Lipinski definition) is 1. The van der Waals surface area contributed by atoms with Gasteiger partial charge in [0.25, 0.3) is 0 Å². The zero-order valence-electron chi connectivity index (χ0n) is 6.02. The van der Waals surface area contributed by atoms with Gasteiger partial charge in [0, 0.05) is 0 Å². The SMILES string of the molecule is C=C/C(CC)=C(/Br)C(=C)O. The quantitative estimate of drug-likeness (QED) is 0.551. The van der Waals surface area contributed by atoms with Gasteiger partial charge in [-0.15, -0.1) is 0 Å². The molecule has 10 heavy (non-hydrogen) atoms. The predicted molar refractivity (Wildman–Crippen MR) is 48.2 cm³/mol. The Balaban J connectivity index is 4.59. The first kappa shape index (κ1) is 9.50. The molecule has 0 fully saturated rings. The van der Waals surface area contributed by atoms with Gasteiger partial charge in [-0.25, -0.2) is 0 Å². The first-order valence-corrected chi connectivity index (χ1v) is 3.82. The van der Waals surface area contributed by atoms with Crippen LogP contribution >= 0.6 is 15.9 Å². The Morgan fingerprint density at radius 1 is 1.70 bits per heavy atom. The van der Waals surface area contributed by atoms with Crippen LogP contribution in [-0.4, -0.2) is 5.11 Å². The van der Waals surface area contributed by atoms with E-state index in [1.54, 1.807) is 6.08 Å². The summed E-state index contributed by atoms with van der Waals surface area (Å²) in [6.07, 6.45) is 2.54. The Morgan fingerprint density at radius 3 is 2.30 bits per heavy atom. The van der Waals surface area contributed by atoms with Crippen molar-refractivity contribution in [2.24, 2.45) is 0 Å². The van der Waals surface area contributed by atoms with Gasteiger partial charge in [0.15, 0.2) is 0 Å². The summed E-state index contributed by atoms with van der Waals surface area (Å²) in [5.74, 6) is 0.0525. The molecule has 0 heterocycles. The summed E-state index contributed by atoms with van der Waals surface area (Å²) in [4.78, 5) is 0. The summed E-state index contributed by atoms with van der Waals surface area (Å²) in [5, 5.41) is 8.91. The third-order valence-electron chi connectivity index (χ3n) is 1.16. The highest BCUT2D eigenvalue weighted by molar-refractivity contribution is 9.12. The monoisotopic (exact) mass is 202 g/mol. The van der Waals surface area contributed by atoms with Crippen LogP contribution in [0.4, 0.5) is 0 Å². The van der Waals surface area contributed by atoms with Crippen molar-refractivity contribution in [2.45, 2.75) is 13.3 Å². The molecule has 0 saturated heterocycles. The summed E-state index contributed by atoms with van der Waals surface area (Å²) in [6, 6.07) is 0. The molecule has 0 rings (SSSR count). The molecular formula is C8H11BrO. The smallest absolute Gasteiger partial charge is 0.122 e. The van der Waals surface area contributed by atoms with Crippen molar-refractivity contribution in [3.63, 3.8) is 0 Å². The molecule has 0 amide bonds. The average Bonchev–Trinajstić information content (AvgIpc) is 1.90. The highest BCUT2D eigenvalue weighted by Gasteiger charge is 1.99. The number of rotatable bonds is 3. The van der Waals surface area contributed by atoms with Gasteiger partial charge in [-0.3, -0.25) is 0 Å². The maximum atomic E-state index is 8.91. The Labute approximate surface area is 69.9 Å². The van der Waals surface area contributed by atoms with Crippen LogP contribution in [0.15, 0.2) is 35.0 Å². The number of allylic oxidation sites excluding steroid dienone is 3. The van der Waals surface area contributed by atoms with Gasteiger partial charge in [-0.1, -0.05) is 26.2 Å². The van der Waals surface area contributed by atoms with E-state index in [4.69, 9.17) is 5.11 Å². The Morgan fingerprint density at radius 2 is 2.20 bits per heavy atom. The van der Waals surface area contributed by atoms with Gasteiger partial charge in [0.1, 0.15) is 5.76 Å². The van der Waals surface area contributed by atoms with Crippen LogP contribution in [0.3, 0.4) is 0 Å². The standard InChI is InChI=1S/C8H11BrO/c1-4-7(5-2)8(9)6(3)10/h4,10H,1,3,5H2,2H3/b8-7-. The van der Waals surface area contributed by atoms with Crippen molar-refractivity contribution in [2.75, 3.05) is 0 Å². The molecule has 0 aliphatic heterocycles. The Kier molecular flexibility index (Phi) is 4.12. The van der Waals surface area contributed by atoms with E-state index in [-0.39, 0.29) is 5.76 Å². The molecule has 0 spiro atoms. The first-order valence-electron chi connectivity index (χ1n) is 3.02. The van der Waals surface area contributed by atoms with Gasteiger partial charge in [-0.05, 0) is 27.9 Å². The molecule has 1 N–H and O–H groups in total. The lowest BCUT2D eigenvalue weighted by Gasteiger charge is -2.00. The van der Waals surface area contributed by atoms with Crippen LogP contribution in [0, 0.1) is 0 Å². The normalized spacial score (nSPS) is 12.2. The van der Waals surface area contributed by atoms with E-state index in [1.807, 2.05) is 6.92 Å². The van der Waals surface area contributed by atoms with Crippen molar-refractivity contribution in [1.29, 1.82) is 0 Å². The van der Waals surface area contributed by atoms with Gasteiger partial charge in [0.2, 0.25) is 0 Å². The molecule has 0 aromatic carbocycles. The molecule has 0 aromatic heterocycles. The minimum Gasteiger partial charge on any atom is -0.507 e. The molecule has 0 atom stereocenters. The third kappa shape index (κ3) is 2.40. The fourth-order valence-electron chi connectivity index (χ4n) is 0.574. The number of hydrogen-bond acceptors (Lipinski definition) is 1. The van der Waals surface area contributed by atoms with E-state index in [9.17, 15) is 0 Å². The molecule has 56 valence electrons. The largest absolute Gasteiger partial charge is 0.507 e. The summed E-state index contributed by atoms with van der Waals surface area (Å²) in [6.45, 7) is 8.96. The van der Waals surface area contributed by atoms with Crippen LogP contribution in [0.5, 0.6) is 0 Å². The zero-order chi connectivity index (χ0) is 8.15. The lowest BCUT2D eigenvalue weighted by atomic mass is 10.2. The van der Waals surface area contributed by atoms with Crippen LogP contribution in [-0.2, 0) is 0 Å². The second kappa shape index (κ2) is 4.34. The topological polar surface area (TPSA) is 20.2 Å². The summed E-state index contributed by atoms with van der Waals surface area (Å²) >= 11 is 3.19. The van der Waals surface area contributed by atoms with Crippen molar-refractivity contribution in [3.8, 4) is 0 Å². The molecule has 1 nitrogen and oxygen atoms in total. The zero-order valence-corrected chi connectivity index (χ0v) is 7.61. The molecule has 0 bridgehead atoms. The maximum Gasteiger partial charge on any atom is 0.122 e. The number of aliphatic hydroxyl groups excluding tert-OH is 1. The summed E-state index contributed by atoms with van der Waals surface area (Å²) < 4.78 is 0.644. The van der Waals surface area contributed by atoms with Crippen molar-refractivity contribution in [3.05, 3.63) is 35.0 Å². The van der Waals surface area contributed by atoms with Crippen LogP contribution in [0.2, 0.25) is 0 Å². The highest BCUT2D eigenvalue weighted by Crippen LogP contribution is 2.20. The van der Waals surface area contributed by atoms with Gasteiger partial charge in [0.05, 0.1) is 4.48 Å². The molecule has 0 unspecified atom stereocenters. The van der Waals surface area contributed by atoms with Crippen LogP contribution in [0.25, 0.3) is 0 Å². The molecule has 0 radical (unpaired) electrons. The number of halogens is 1. The van der Waals surface area contributed by atoms with E-state index >= 15 is 0 Å². The van der Waals surface area contributed by atoms with E-state index in [1.165, 1.54) is 0 Å². The van der Waals surface area contributed by atoms with E-state index in [0.717, 1.165) is 12.0 Å². The fraction of sp³-hybridized carbons (Fsp3) is 0.250. The molecule has 0 aromatic rings. The number of aliphatic hydroxyl groups is 1. The van der Waals surface area contributed by atoms with Crippen molar-refractivity contribution in [1.82, 2.24) is 0 Å². The average molecular weight is 203 g/mol. The predicted octanol–water partition coefficient (Wildman–Crippen LogP) is 3.30. The summed E-state index contributed by atoms with van der Waals surface area (Å²) in [7, 11) is 0. The van der Waals surface area contributed by atoms with Gasteiger partial charge in [-0.2, -0.15) is 0 Å². The second-order valence-electron chi connectivity index (χ2n) is 1.84. The van der Waals surface area contributed by atoms with Gasteiger partial charge >= 0.3 is 0 Å². The second-order valence-corrected chi connectivity index (χ2v) is 2.64. The highest BCUT2D eigenvalue weighted by atomic mass is 79.9. The third-order valence-corrected chi connectivity index (χ3v) is 2.13. The maximum absolute atomic E-state index is 8.91. The van der Waals surface area contributed by atoms with Crippen molar-refractivity contribution >= 4 is 15.9 Å². The lowest BCUT2D eigenvalue weighted by Crippen LogP contribution is -1.83. The lowest BCUT2D eigenvalue weighted by molar-refractivity contribution is 0.432. The molecule has 0 saturated carbocycles. The summed E-state index contributed by atoms with van der Waals surface area (Å²) in [5.41, 5.74) is 0.965. The Hall–Kier alpha value is -0.500. The molecule has 0 aliphatic rings. The van der Waals surface area contributed by atoms with Crippen molar-refractivity contribution < 1.29 is 5.11 Å². The molecule has 2 heteroatoms. The van der Waals surface area contributed by atoms with E-state index in [0.29, 0.717) is 4.48 Å². The van der Waals surface area contributed by atoms with Gasteiger partial charge < -0.3 is 5.11 Å². The Bertz CT molecular complexity index is 180. The van der Waals surface area contributed by atoms with Crippen LogP contribution in [0.1, 0.15) is 13.3 Å². The van der Waals surface area contributed by atoms with E-state index < -0.39 is 0 Å². The molecular weight excluding hydrogens is 192 g/mol. The molecule has 0 aliphatic carbocycles.